The number of hydrogen-bond acceptors (Lipinski definition) is 14. The van der Waals surface area contributed by atoms with E-state index in [9.17, 15) is 44.4 Å². The summed E-state index contributed by atoms with van der Waals surface area (Å²) in [6, 6.07) is -1.16. The quantitative estimate of drug-likeness (QED) is 0.0889. The molecule has 16 nitrogen and oxygen atoms in total. The number of allylic oxidation sites excluding steroid dienone is 7. The van der Waals surface area contributed by atoms with Crippen molar-refractivity contribution in [3.05, 3.63) is 47.6 Å². The van der Waals surface area contributed by atoms with Crippen molar-refractivity contribution in [3.63, 3.8) is 0 Å². The third-order valence-corrected chi connectivity index (χ3v) is 14.5. The van der Waals surface area contributed by atoms with Gasteiger partial charge in [0.25, 0.3) is 11.7 Å². The minimum absolute atomic E-state index is 0.0195. The Morgan fingerprint density at radius 1 is 0.941 bits per heavy atom. The number of hydrogen-bond donors (Lipinski definition) is 4. The van der Waals surface area contributed by atoms with E-state index in [1.54, 1.807) is 34.0 Å². The molecular weight excluding hydrogens is 877 g/mol. The molecule has 3 heterocycles. The van der Waals surface area contributed by atoms with Gasteiger partial charge in [0, 0.05) is 44.9 Å². The van der Waals surface area contributed by atoms with Crippen molar-refractivity contribution < 1.29 is 68.2 Å². The lowest BCUT2D eigenvalue weighted by Crippen LogP contribution is -2.60. The highest BCUT2D eigenvalue weighted by Crippen LogP contribution is 2.37. The molecule has 382 valence electrons. The zero-order chi connectivity index (χ0) is 50.3. The van der Waals surface area contributed by atoms with E-state index in [-0.39, 0.29) is 54.7 Å². The summed E-state index contributed by atoms with van der Waals surface area (Å²) in [4.78, 5) is 74.9. The monoisotopic (exact) mass is 957 g/mol. The molecule has 4 N–H and O–H groups in total. The standard InChI is InChI=1S/C52H80N2O14/c1-31-15-11-10-12-16-32(2)25-35(5)46(58)48(65-9)47(59)36(6)26-33(3)40(53-66-30-45(56)57)29-43(34(4)27-38-20-23-42(55)44(28-38)64-8)67-51(62)41-17-13-14-24-54(41)50(61)49(60)52(63)37(7)19-22-39(68-52)21-18-31/h10-12,15-16,26,32-35,37-39,41-44,47-48,55,59,63H,13-14,17-25,27-30H2,1-9H3,(H,56,57)/b11-10+,16-12+,31-15+,36-26+,53-40-/t32-,33-,34-,35-,37-,38+,39-,41+,42-,43+,44-,47-,48+,52-/m1/s1. The van der Waals surface area contributed by atoms with Gasteiger partial charge in [0.1, 0.15) is 24.4 Å². The van der Waals surface area contributed by atoms with Gasteiger partial charge in [-0.1, -0.05) is 81.8 Å². The van der Waals surface area contributed by atoms with E-state index in [2.05, 4.69) is 5.16 Å². The highest BCUT2D eigenvalue weighted by Gasteiger charge is 2.53. The number of aliphatic carboxylic acids is 1. The van der Waals surface area contributed by atoms with Gasteiger partial charge in [-0.05, 0) is 114 Å². The molecule has 1 saturated carbocycles. The number of methoxy groups -OCH3 is 2. The van der Waals surface area contributed by atoms with Gasteiger partial charge in [0.05, 0.1) is 24.0 Å². The number of carbonyl (C=O) groups excluding carboxylic acids is 4. The Bertz CT molecular complexity index is 1880. The minimum Gasteiger partial charge on any atom is -0.479 e. The van der Waals surface area contributed by atoms with Crippen molar-refractivity contribution in [3.8, 4) is 0 Å². The molecule has 4 rings (SSSR count). The highest BCUT2D eigenvalue weighted by molar-refractivity contribution is 6.39. The molecule has 14 atom stereocenters. The van der Waals surface area contributed by atoms with Crippen LogP contribution in [0.25, 0.3) is 0 Å². The second-order valence-corrected chi connectivity index (χ2v) is 20.1. The molecule has 16 heteroatoms. The largest absolute Gasteiger partial charge is 0.479 e. The first-order valence-electron chi connectivity index (χ1n) is 24.7. The molecule has 3 aliphatic heterocycles. The SMILES string of the molecule is CO[C@@H]1C[C@H](C[C@@H](C)[C@@H]2C/C(=N/OCC(=O)O)[C@H](C)/C=C(\C)[C@@H](O)[C@@H](OC)C(=O)[C@H](C)C[C@H](C)/C=C/C=C/C=C(\C)CC[C@@H]3CC[C@@H](C)[C@@](O)(O3)C(=O)C(=O)N3CCCC[C@H]3C(=O)O2)CC[C@H]1O. The van der Waals surface area contributed by atoms with Gasteiger partial charge < -0.3 is 49.1 Å². The normalized spacial score (nSPS) is 38.5. The van der Waals surface area contributed by atoms with Crippen LogP contribution in [0.15, 0.2) is 52.8 Å². The number of aliphatic hydroxyl groups is 3. The lowest BCUT2D eigenvalue weighted by Gasteiger charge is -2.42. The maximum atomic E-state index is 14.6. The van der Waals surface area contributed by atoms with Crippen molar-refractivity contribution in [1.29, 1.82) is 0 Å². The predicted molar refractivity (Wildman–Crippen MR) is 255 cm³/mol. The van der Waals surface area contributed by atoms with E-state index in [4.69, 9.17) is 23.8 Å². The van der Waals surface area contributed by atoms with Crippen molar-refractivity contribution >= 4 is 35.1 Å². The number of carbonyl (C=O) groups is 5. The van der Waals surface area contributed by atoms with Gasteiger partial charge in [-0.3, -0.25) is 14.4 Å². The number of ether oxygens (including phenoxy) is 4. The molecule has 0 aromatic heterocycles. The van der Waals surface area contributed by atoms with Crippen molar-refractivity contribution in [2.24, 2.45) is 40.7 Å². The Hall–Kier alpha value is -4.06. The molecule has 0 unspecified atom stereocenters. The number of piperidine rings is 1. The Morgan fingerprint density at radius 2 is 1.68 bits per heavy atom. The fourth-order valence-corrected chi connectivity index (χ4v) is 10.1. The van der Waals surface area contributed by atoms with E-state index in [1.165, 1.54) is 12.0 Å². The molecule has 2 bridgehead atoms. The predicted octanol–water partition coefficient (Wildman–Crippen LogP) is 6.44. The molecule has 68 heavy (non-hydrogen) atoms. The third kappa shape index (κ3) is 15.7. The van der Waals surface area contributed by atoms with Gasteiger partial charge in [0.2, 0.25) is 12.4 Å². The summed E-state index contributed by atoms with van der Waals surface area (Å²) in [5.41, 5.74) is 1.72. The number of oxime groups is 1. The van der Waals surface area contributed by atoms with Crippen LogP contribution in [-0.4, -0.2) is 136 Å². The molecule has 0 aromatic carbocycles. The number of ketones is 2. The average molecular weight is 957 g/mol. The molecule has 4 aliphatic rings. The Morgan fingerprint density at radius 3 is 2.37 bits per heavy atom. The van der Waals surface area contributed by atoms with Crippen LogP contribution in [0.5, 0.6) is 0 Å². The number of carboxylic acids is 1. The maximum Gasteiger partial charge on any atom is 0.344 e. The van der Waals surface area contributed by atoms with Crippen LogP contribution < -0.4 is 0 Å². The van der Waals surface area contributed by atoms with Crippen LogP contribution in [-0.2, 0) is 47.8 Å². The molecule has 1 amide bonds. The smallest absolute Gasteiger partial charge is 0.344 e. The summed E-state index contributed by atoms with van der Waals surface area (Å²) >= 11 is 0. The zero-order valence-electron chi connectivity index (χ0n) is 41.8. The Labute approximate surface area is 403 Å². The first kappa shape index (κ1) is 56.5. The van der Waals surface area contributed by atoms with Crippen LogP contribution in [0.3, 0.4) is 0 Å². The Kier molecular flexibility index (Phi) is 22.3. The molecule has 0 spiro atoms. The number of cyclic esters (lactones) is 1. The van der Waals surface area contributed by atoms with E-state index >= 15 is 0 Å². The number of Topliss-reactive ketones (excluding diaryl/α,β-unsaturated/α-hetero) is 2. The van der Waals surface area contributed by atoms with Gasteiger partial charge in [-0.25, -0.2) is 9.59 Å². The number of rotatable bonds is 8. The first-order valence-corrected chi connectivity index (χ1v) is 24.7. The van der Waals surface area contributed by atoms with Crippen LogP contribution >= 0.6 is 0 Å². The number of nitrogens with zero attached hydrogens (tertiary/aromatic N) is 2. The van der Waals surface area contributed by atoms with Crippen molar-refractivity contribution in [2.45, 2.75) is 180 Å². The lowest BCUT2D eigenvalue weighted by atomic mass is 9.78. The highest BCUT2D eigenvalue weighted by atomic mass is 16.6. The average Bonchev–Trinajstić information content (AvgIpc) is 3.30. The molecule has 1 aliphatic carbocycles. The lowest BCUT2D eigenvalue weighted by molar-refractivity contribution is -0.263. The fourth-order valence-electron chi connectivity index (χ4n) is 10.1. The summed E-state index contributed by atoms with van der Waals surface area (Å²) in [6.07, 6.45) is 12.7. The molecule has 0 radical (unpaired) electrons. The maximum absolute atomic E-state index is 14.6. The number of fused-ring (bicyclic) bond motifs is 3. The number of aliphatic hydroxyl groups excluding tert-OH is 2. The molecule has 2 saturated heterocycles. The van der Waals surface area contributed by atoms with E-state index in [0.717, 1.165) is 5.57 Å². The number of carboxylic acid groups (broad SMARTS) is 1. The van der Waals surface area contributed by atoms with E-state index in [0.29, 0.717) is 76.2 Å². The molecule has 0 aromatic rings. The van der Waals surface area contributed by atoms with Crippen LogP contribution in [0.4, 0.5) is 0 Å². The van der Waals surface area contributed by atoms with Gasteiger partial charge in [0.15, 0.2) is 5.78 Å². The Balaban J connectivity index is 1.77. The summed E-state index contributed by atoms with van der Waals surface area (Å²) < 4.78 is 23.7. The first-order chi connectivity index (χ1) is 32.2. The molecular formula is C52H80N2O14. The van der Waals surface area contributed by atoms with Crippen LogP contribution in [0.1, 0.15) is 132 Å². The number of esters is 1. The van der Waals surface area contributed by atoms with E-state index < -0.39 is 90.3 Å². The summed E-state index contributed by atoms with van der Waals surface area (Å²) in [5.74, 6) is -8.87. The summed E-state index contributed by atoms with van der Waals surface area (Å²) in [7, 11) is 2.93. The van der Waals surface area contributed by atoms with Crippen LogP contribution in [0.2, 0.25) is 0 Å². The molecule has 3 fully saturated rings. The number of amides is 1. The van der Waals surface area contributed by atoms with Gasteiger partial charge in [-0.2, -0.15) is 0 Å². The van der Waals surface area contributed by atoms with E-state index in [1.807, 2.05) is 58.1 Å². The van der Waals surface area contributed by atoms with Gasteiger partial charge in [-0.15, -0.1) is 0 Å². The second-order valence-electron chi connectivity index (χ2n) is 20.1. The fraction of sp³-hybridized carbons (Fsp3) is 0.731. The zero-order valence-corrected chi connectivity index (χ0v) is 41.8. The van der Waals surface area contributed by atoms with Gasteiger partial charge >= 0.3 is 11.9 Å². The van der Waals surface area contributed by atoms with Crippen molar-refractivity contribution in [2.75, 3.05) is 27.4 Å². The minimum atomic E-state index is -2.39. The summed E-state index contributed by atoms with van der Waals surface area (Å²) in [6.45, 7) is 12.1. The second kappa shape index (κ2) is 26.8. The third-order valence-electron chi connectivity index (χ3n) is 14.5. The summed E-state index contributed by atoms with van der Waals surface area (Å²) in [5, 5.41) is 47.8. The topological polar surface area (TPSA) is 228 Å². The van der Waals surface area contributed by atoms with Crippen molar-refractivity contribution in [1.82, 2.24) is 4.90 Å². The van der Waals surface area contributed by atoms with Crippen LogP contribution in [0, 0.1) is 35.5 Å².